The van der Waals surface area contributed by atoms with Gasteiger partial charge in [-0.25, -0.2) is 14.0 Å². The van der Waals surface area contributed by atoms with Gasteiger partial charge < -0.3 is 20.1 Å². The molecule has 1 unspecified atom stereocenters. The van der Waals surface area contributed by atoms with E-state index < -0.39 is 17.8 Å². The highest BCUT2D eigenvalue weighted by atomic mass is 35.5. The molecule has 30 heavy (non-hydrogen) atoms. The van der Waals surface area contributed by atoms with Gasteiger partial charge in [0, 0.05) is 11.3 Å². The molecule has 158 valence electrons. The van der Waals surface area contributed by atoms with E-state index in [4.69, 9.17) is 21.1 Å². The Balaban J connectivity index is 1.81. The molecule has 0 spiro atoms. The Hall–Kier alpha value is -3.06. The lowest BCUT2D eigenvalue weighted by atomic mass is 9.94. The lowest BCUT2D eigenvalue weighted by Crippen LogP contribution is -2.45. The average Bonchev–Trinajstić information content (AvgIpc) is 2.73. The smallest absolute Gasteiger partial charge is 0.338 e. The van der Waals surface area contributed by atoms with Crippen molar-refractivity contribution in [3.63, 3.8) is 0 Å². The summed E-state index contributed by atoms with van der Waals surface area (Å²) in [5.41, 5.74) is 1.85. The van der Waals surface area contributed by atoms with Gasteiger partial charge in [0.2, 0.25) is 0 Å². The summed E-state index contributed by atoms with van der Waals surface area (Å²) >= 11 is 6.02. The van der Waals surface area contributed by atoms with E-state index in [-0.39, 0.29) is 24.8 Å². The van der Waals surface area contributed by atoms with Gasteiger partial charge >= 0.3 is 12.0 Å². The molecule has 3 rings (SSSR count). The van der Waals surface area contributed by atoms with Gasteiger partial charge in [-0.2, -0.15) is 0 Å². The first kappa shape index (κ1) is 21.6. The van der Waals surface area contributed by atoms with E-state index >= 15 is 0 Å². The molecule has 6 nitrogen and oxygen atoms in total. The molecule has 1 heterocycles. The quantitative estimate of drug-likeness (QED) is 0.625. The van der Waals surface area contributed by atoms with E-state index in [0.29, 0.717) is 34.0 Å². The standard InChI is InChI=1S/C22H22ClFN2O4/c1-3-18-19(21(27)29-4-2)20(26-22(28)25-18)13-8-10-14(11-9-13)30-12-15-16(23)6-5-7-17(15)24/h5-11,20H,3-4,12H2,1-2H3,(H2,25,26,28). The number of rotatable bonds is 7. The molecule has 1 aliphatic rings. The molecule has 0 bridgehead atoms. The van der Waals surface area contributed by atoms with Crippen LogP contribution in [0.15, 0.2) is 53.7 Å². The summed E-state index contributed by atoms with van der Waals surface area (Å²) in [6.45, 7) is 3.78. The zero-order chi connectivity index (χ0) is 21.7. The van der Waals surface area contributed by atoms with Crippen molar-refractivity contribution in [1.82, 2.24) is 10.6 Å². The fraction of sp³-hybridized carbons (Fsp3) is 0.273. The number of carbonyl (C=O) groups excluding carboxylic acids is 2. The number of halogens is 2. The van der Waals surface area contributed by atoms with Crippen LogP contribution < -0.4 is 15.4 Å². The Morgan fingerprint density at radius 3 is 2.53 bits per heavy atom. The van der Waals surface area contributed by atoms with Crippen LogP contribution >= 0.6 is 11.6 Å². The number of esters is 1. The first-order valence-corrected chi connectivity index (χ1v) is 9.95. The van der Waals surface area contributed by atoms with Crippen LogP contribution in [0.25, 0.3) is 0 Å². The summed E-state index contributed by atoms with van der Waals surface area (Å²) in [5.74, 6) is -0.426. The number of nitrogens with one attached hydrogen (secondary N) is 2. The summed E-state index contributed by atoms with van der Waals surface area (Å²) in [4.78, 5) is 24.6. The second-order valence-electron chi connectivity index (χ2n) is 6.56. The topological polar surface area (TPSA) is 76.7 Å². The summed E-state index contributed by atoms with van der Waals surface area (Å²) in [5, 5.41) is 5.73. The highest BCUT2D eigenvalue weighted by Gasteiger charge is 2.33. The number of carbonyl (C=O) groups is 2. The Morgan fingerprint density at radius 2 is 1.90 bits per heavy atom. The van der Waals surface area contributed by atoms with E-state index in [9.17, 15) is 14.0 Å². The molecule has 0 fully saturated rings. The van der Waals surface area contributed by atoms with Gasteiger partial charge in [0.25, 0.3) is 0 Å². The Bertz CT molecular complexity index is 955. The molecule has 2 N–H and O–H groups in total. The largest absolute Gasteiger partial charge is 0.489 e. The van der Waals surface area contributed by atoms with Crippen molar-refractivity contribution in [2.24, 2.45) is 0 Å². The maximum atomic E-state index is 13.9. The van der Waals surface area contributed by atoms with Crippen molar-refractivity contribution in [3.8, 4) is 5.75 Å². The maximum absolute atomic E-state index is 13.9. The normalized spacial score (nSPS) is 16.0. The van der Waals surface area contributed by atoms with Crippen LogP contribution in [0.3, 0.4) is 0 Å². The number of amides is 2. The van der Waals surface area contributed by atoms with Gasteiger partial charge in [0.15, 0.2) is 0 Å². The molecule has 0 saturated heterocycles. The van der Waals surface area contributed by atoms with Gasteiger partial charge in [0.1, 0.15) is 18.2 Å². The van der Waals surface area contributed by atoms with E-state index in [2.05, 4.69) is 10.6 Å². The van der Waals surface area contributed by atoms with Crippen LogP contribution in [0.2, 0.25) is 5.02 Å². The van der Waals surface area contributed by atoms with Crippen molar-refractivity contribution in [1.29, 1.82) is 0 Å². The van der Waals surface area contributed by atoms with Gasteiger partial charge in [-0.1, -0.05) is 36.7 Å². The minimum Gasteiger partial charge on any atom is -0.489 e. The molecule has 1 atom stereocenters. The lowest BCUT2D eigenvalue weighted by Gasteiger charge is -2.29. The van der Waals surface area contributed by atoms with Crippen LogP contribution in [-0.4, -0.2) is 18.6 Å². The highest BCUT2D eigenvalue weighted by molar-refractivity contribution is 6.31. The van der Waals surface area contributed by atoms with Crippen molar-refractivity contribution in [2.45, 2.75) is 32.9 Å². The summed E-state index contributed by atoms with van der Waals surface area (Å²) < 4.78 is 24.7. The van der Waals surface area contributed by atoms with Crippen molar-refractivity contribution < 1.29 is 23.5 Å². The molecular weight excluding hydrogens is 411 g/mol. The predicted octanol–water partition coefficient (Wildman–Crippen LogP) is 4.64. The second-order valence-corrected chi connectivity index (χ2v) is 6.96. The summed E-state index contributed by atoms with van der Waals surface area (Å²) in [6.07, 6.45) is 0.475. The zero-order valence-corrected chi connectivity index (χ0v) is 17.4. The molecule has 2 aromatic rings. The fourth-order valence-corrected chi connectivity index (χ4v) is 3.40. The molecule has 0 saturated carbocycles. The number of benzene rings is 2. The maximum Gasteiger partial charge on any atom is 0.338 e. The average molecular weight is 433 g/mol. The Morgan fingerprint density at radius 1 is 1.17 bits per heavy atom. The molecule has 1 aliphatic heterocycles. The van der Waals surface area contributed by atoms with Gasteiger partial charge in [-0.3, -0.25) is 0 Å². The minimum atomic E-state index is -0.650. The van der Waals surface area contributed by atoms with Crippen LogP contribution in [0.1, 0.15) is 37.4 Å². The number of hydrogen-bond acceptors (Lipinski definition) is 4. The van der Waals surface area contributed by atoms with Gasteiger partial charge in [0.05, 0.1) is 23.2 Å². The molecule has 0 aliphatic carbocycles. The van der Waals surface area contributed by atoms with E-state index in [1.165, 1.54) is 12.1 Å². The summed E-state index contributed by atoms with van der Waals surface area (Å²) in [6, 6.07) is 10.3. The van der Waals surface area contributed by atoms with Crippen molar-refractivity contribution in [3.05, 3.63) is 75.7 Å². The zero-order valence-electron chi connectivity index (χ0n) is 16.6. The molecule has 8 heteroatoms. The third-order valence-corrected chi connectivity index (χ3v) is 5.01. The van der Waals surface area contributed by atoms with E-state index in [1.807, 2.05) is 6.92 Å². The molecule has 2 aromatic carbocycles. The van der Waals surface area contributed by atoms with E-state index in [1.54, 1.807) is 37.3 Å². The summed E-state index contributed by atoms with van der Waals surface area (Å²) in [7, 11) is 0. The predicted molar refractivity (Wildman–Crippen MR) is 111 cm³/mol. The highest BCUT2D eigenvalue weighted by Crippen LogP contribution is 2.30. The molecule has 0 radical (unpaired) electrons. The first-order chi connectivity index (χ1) is 14.4. The molecule has 2 amide bonds. The second kappa shape index (κ2) is 9.63. The van der Waals surface area contributed by atoms with Crippen LogP contribution in [0, 0.1) is 5.82 Å². The number of ether oxygens (including phenoxy) is 2. The van der Waals surface area contributed by atoms with Crippen LogP contribution in [-0.2, 0) is 16.1 Å². The number of hydrogen-bond donors (Lipinski definition) is 2. The third-order valence-electron chi connectivity index (χ3n) is 4.66. The van der Waals surface area contributed by atoms with Crippen molar-refractivity contribution >= 4 is 23.6 Å². The number of urea groups is 1. The SMILES string of the molecule is CCOC(=O)C1=C(CC)NC(=O)NC1c1ccc(OCc2c(F)cccc2Cl)cc1. The third kappa shape index (κ3) is 4.74. The van der Waals surface area contributed by atoms with Crippen LogP contribution in [0.4, 0.5) is 9.18 Å². The van der Waals surface area contributed by atoms with E-state index in [0.717, 1.165) is 0 Å². The molecule has 0 aromatic heterocycles. The lowest BCUT2D eigenvalue weighted by molar-refractivity contribution is -0.139. The van der Waals surface area contributed by atoms with Gasteiger partial charge in [-0.15, -0.1) is 0 Å². The number of allylic oxidation sites excluding steroid dienone is 1. The van der Waals surface area contributed by atoms with Crippen molar-refractivity contribution in [2.75, 3.05) is 6.61 Å². The van der Waals surface area contributed by atoms with Crippen LogP contribution in [0.5, 0.6) is 5.75 Å². The Kier molecular flexibility index (Phi) is 6.95. The monoisotopic (exact) mass is 432 g/mol. The molecular formula is C22H22ClFN2O4. The first-order valence-electron chi connectivity index (χ1n) is 9.57. The van der Waals surface area contributed by atoms with Gasteiger partial charge in [-0.05, 0) is 43.2 Å². The Labute approximate surface area is 179 Å². The fourth-order valence-electron chi connectivity index (χ4n) is 3.18. The minimum absolute atomic E-state index is 0.0249.